The molecule has 0 aromatic rings. The van der Waals surface area contributed by atoms with Crippen LogP contribution in [-0.2, 0) is 9.53 Å². The van der Waals surface area contributed by atoms with E-state index in [0.29, 0.717) is 19.1 Å². The van der Waals surface area contributed by atoms with E-state index >= 15 is 0 Å². The lowest BCUT2D eigenvalue weighted by molar-refractivity contribution is -0.142. The van der Waals surface area contributed by atoms with Gasteiger partial charge >= 0.3 is 5.97 Å². The van der Waals surface area contributed by atoms with E-state index in [9.17, 15) is 4.79 Å². The van der Waals surface area contributed by atoms with Crippen molar-refractivity contribution >= 4 is 5.97 Å². The van der Waals surface area contributed by atoms with Crippen molar-refractivity contribution in [3.05, 3.63) is 0 Å². The molecule has 4 nitrogen and oxygen atoms in total. The molecule has 0 bridgehead atoms. The molecular weight excluding hydrogens is 216 g/mol. The molecule has 0 radical (unpaired) electrons. The largest absolute Gasteiger partial charge is 0.466 e. The first-order valence-electron chi connectivity index (χ1n) is 6.84. The summed E-state index contributed by atoms with van der Waals surface area (Å²) in [5, 5.41) is 3.33. The second-order valence-electron chi connectivity index (χ2n) is 4.70. The second kappa shape index (κ2) is 8.48. The van der Waals surface area contributed by atoms with Gasteiger partial charge in [0.2, 0.25) is 0 Å². The lowest BCUT2D eigenvalue weighted by Crippen LogP contribution is -2.43. The fraction of sp³-hybridized carbons (Fsp3) is 0.923. The molecule has 1 saturated heterocycles. The molecule has 0 spiro atoms. The number of rotatable bonds is 7. The number of likely N-dealkylation sites (tertiary alicyclic amines) is 1. The summed E-state index contributed by atoms with van der Waals surface area (Å²) in [5.41, 5.74) is 0. The van der Waals surface area contributed by atoms with Gasteiger partial charge in [0, 0.05) is 19.1 Å². The highest BCUT2D eigenvalue weighted by Crippen LogP contribution is 2.11. The van der Waals surface area contributed by atoms with E-state index in [1.54, 1.807) is 0 Å². The third-order valence-corrected chi connectivity index (χ3v) is 3.26. The summed E-state index contributed by atoms with van der Waals surface area (Å²) in [7, 11) is 0. The Morgan fingerprint density at radius 1 is 1.35 bits per heavy atom. The summed E-state index contributed by atoms with van der Waals surface area (Å²) in [5.74, 6) is -0.106. The number of piperidine rings is 1. The molecule has 0 aromatic heterocycles. The van der Waals surface area contributed by atoms with E-state index in [2.05, 4.69) is 17.1 Å². The number of hydrogen-bond acceptors (Lipinski definition) is 4. The van der Waals surface area contributed by atoms with E-state index in [4.69, 9.17) is 4.74 Å². The highest BCUT2D eigenvalue weighted by atomic mass is 16.5. The Bertz CT molecular complexity index is 215. The average Bonchev–Trinajstić information content (AvgIpc) is 2.36. The molecule has 1 unspecified atom stereocenters. The SMILES string of the molecule is CCOC(=O)CCNCC(C)N1CCCCC1. The van der Waals surface area contributed by atoms with Gasteiger partial charge in [-0.3, -0.25) is 9.69 Å². The molecule has 1 atom stereocenters. The number of nitrogens with one attached hydrogen (secondary N) is 1. The van der Waals surface area contributed by atoms with Crippen LogP contribution >= 0.6 is 0 Å². The first kappa shape index (κ1) is 14.5. The molecule has 0 amide bonds. The zero-order valence-electron chi connectivity index (χ0n) is 11.2. The number of hydrogen-bond donors (Lipinski definition) is 1. The van der Waals surface area contributed by atoms with Crippen LogP contribution in [0.5, 0.6) is 0 Å². The first-order chi connectivity index (χ1) is 8.24. The van der Waals surface area contributed by atoms with Gasteiger partial charge in [0.25, 0.3) is 0 Å². The minimum absolute atomic E-state index is 0.106. The van der Waals surface area contributed by atoms with E-state index in [0.717, 1.165) is 13.1 Å². The van der Waals surface area contributed by atoms with Crippen LogP contribution in [0.3, 0.4) is 0 Å². The van der Waals surface area contributed by atoms with Gasteiger partial charge in [0.05, 0.1) is 13.0 Å². The van der Waals surface area contributed by atoms with Gasteiger partial charge in [-0.15, -0.1) is 0 Å². The summed E-state index contributed by atoms with van der Waals surface area (Å²) in [6.07, 6.45) is 4.50. The predicted octanol–water partition coefficient (Wildman–Crippen LogP) is 1.40. The van der Waals surface area contributed by atoms with Crippen molar-refractivity contribution in [3.63, 3.8) is 0 Å². The van der Waals surface area contributed by atoms with Crippen molar-refractivity contribution in [1.82, 2.24) is 10.2 Å². The Balaban J connectivity index is 2.03. The van der Waals surface area contributed by atoms with Crippen LogP contribution in [0, 0.1) is 0 Å². The quantitative estimate of drug-likeness (QED) is 0.541. The van der Waals surface area contributed by atoms with Gasteiger partial charge in [-0.1, -0.05) is 6.42 Å². The molecule has 1 heterocycles. The number of esters is 1. The second-order valence-corrected chi connectivity index (χ2v) is 4.70. The van der Waals surface area contributed by atoms with Crippen molar-refractivity contribution in [2.75, 3.05) is 32.8 Å². The van der Waals surface area contributed by atoms with Crippen LogP contribution in [0.15, 0.2) is 0 Å². The van der Waals surface area contributed by atoms with Gasteiger partial charge in [0.15, 0.2) is 0 Å². The van der Waals surface area contributed by atoms with Gasteiger partial charge < -0.3 is 10.1 Å². The summed E-state index contributed by atoms with van der Waals surface area (Å²) in [4.78, 5) is 13.6. The Labute approximate surface area is 105 Å². The van der Waals surface area contributed by atoms with Crippen molar-refractivity contribution in [1.29, 1.82) is 0 Å². The van der Waals surface area contributed by atoms with Crippen LogP contribution in [0.25, 0.3) is 0 Å². The van der Waals surface area contributed by atoms with E-state index < -0.39 is 0 Å². The molecule has 4 heteroatoms. The molecular formula is C13H26N2O2. The van der Waals surface area contributed by atoms with Gasteiger partial charge in [-0.25, -0.2) is 0 Å². The molecule has 17 heavy (non-hydrogen) atoms. The Kier molecular flexibility index (Phi) is 7.21. The van der Waals surface area contributed by atoms with Crippen molar-refractivity contribution in [3.8, 4) is 0 Å². The summed E-state index contributed by atoms with van der Waals surface area (Å²) < 4.78 is 4.88. The lowest BCUT2D eigenvalue weighted by Gasteiger charge is -2.32. The highest BCUT2D eigenvalue weighted by molar-refractivity contribution is 5.69. The topological polar surface area (TPSA) is 41.6 Å². The minimum atomic E-state index is -0.106. The Hall–Kier alpha value is -0.610. The van der Waals surface area contributed by atoms with Gasteiger partial charge in [-0.2, -0.15) is 0 Å². The molecule has 1 fully saturated rings. The molecule has 0 aromatic carbocycles. The van der Waals surface area contributed by atoms with Crippen LogP contribution < -0.4 is 5.32 Å². The maximum Gasteiger partial charge on any atom is 0.307 e. The number of carbonyl (C=O) groups excluding carboxylic acids is 1. The van der Waals surface area contributed by atoms with Crippen molar-refractivity contribution in [2.45, 2.75) is 45.6 Å². The van der Waals surface area contributed by atoms with Crippen LogP contribution in [0.1, 0.15) is 39.5 Å². The normalized spacial score (nSPS) is 18.9. The maximum atomic E-state index is 11.1. The monoisotopic (exact) mass is 242 g/mol. The molecule has 0 saturated carbocycles. The molecule has 1 rings (SSSR count). The van der Waals surface area contributed by atoms with Gasteiger partial charge in [-0.05, 0) is 39.8 Å². The van der Waals surface area contributed by atoms with Crippen molar-refractivity contribution < 1.29 is 9.53 Å². The van der Waals surface area contributed by atoms with E-state index in [-0.39, 0.29) is 5.97 Å². The van der Waals surface area contributed by atoms with Crippen LogP contribution in [-0.4, -0.2) is 49.7 Å². The Morgan fingerprint density at radius 2 is 2.06 bits per heavy atom. The molecule has 100 valence electrons. The molecule has 0 aliphatic carbocycles. The van der Waals surface area contributed by atoms with Crippen LogP contribution in [0.4, 0.5) is 0 Å². The van der Waals surface area contributed by atoms with Crippen LogP contribution in [0.2, 0.25) is 0 Å². The maximum absolute atomic E-state index is 11.1. The number of nitrogens with zero attached hydrogens (tertiary/aromatic N) is 1. The fourth-order valence-corrected chi connectivity index (χ4v) is 2.22. The number of carbonyl (C=O) groups is 1. The van der Waals surface area contributed by atoms with Crippen molar-refractivity contribution in [2.24, 2.45) is 0 Å². The Morgan fingerprint density at radius 3 is 2.71 bits per heavy atom. The van der Waals surface area contributed by atoms with Gasteiger partial charge in [0.1, 0.15) is 0 Å². The number of ether oxygens (including phenoxy) is 1. The first-order valence-corrected chi connectivity index (χ1v) is 6.84. The molecule has 1 aliphatic rings. The summed E-state index contributed by atoms with van der Waals surface area (Å²) >= 11 is 0. The zero-order valence-corrected chi connectivity index (χ0v) is 11.2. The summed E-state index contributed by atoms with van der Waals surface area (Å²) in [6, 6.07) is 0.567. The third-order valence-electron chi connectivity index (χ3n) is 3.26. The summed E-state index contributed by atoms with van der Waals surface area (Å²) in [6.45, 7) is 8.69. The standard InChI is InChI=1S/C13H26N2O2/c1-3-17-13(16)7-8-14-11-12(2)15-9-5-4-6-10-15/h12,14H,3-11H2,1-2H3. The minimum Gasteiger partial charge on any atom is -0.466 e. The lowest BCUT2D eigenvalue weighted by atomic mass is 10.1. The molecule has 1 aliphatic heterocycles. The van der Waals surface area contributed by atoms with E-state index in [1.165, 1.54) is 32.4 Å². The predicted molar refractivity (Wildman–Crippen MR) is 69.0 cm³/mol. The van der Waals surface area contributed by atoms with E-state index in [1.807, 2.05) is 6.92 Å². The highest BCUT2D eigenvalue weighted by Gasteiger charge is 2.15. The fourth-order valence-electron chi connectivity index (χ4n) is 2.22. The molecule has 1 N–H and O–H groups in total. The third kappa shape index (κ3) is 6.03. The average molecular weight is 242 g/mol. The smallest absolute Gasteiger partial charge is 0.307 e. The zero-order chi connectivity index (χ0) is 12.5.